The lowest BCUT2D eigenvalue weighted by Gasteiger charge is -2.15. The van der Waals surface area contributed by atoms with E-state index in [9.17, 15) is 19.8 Å². The lowest BCUT2D eigenvalue weighted by molar-refractivity contribution is -0.384. The van der Waals surface area contributed by atoms with Crippen LogP contribution in [-0.2, 0) is 6.61 Å². The Bertz CT molecular complexity index is 1200. The van der Waals surface area contributed by atoms with Crippen LogP contribution in [0.15, 0.2) is 60.7 Å². The summed E-state index contributed by atoms with van der Waals surface area (Å²) in [5.74, 6) is 0.536. The Morgan fingerprint density at radius 1 is 1.19 bits per heavy atom. The van der Waals surface area contributed by atoms with Gasteiger partial charge in [0.15, 0.2) is 11.5 Å². The number of ether oxygens (including phenoxy) is 2. The number of nitriles is 1. The zero-order valence-corrected chi connectivity index (χ0v) is 19.2. The molecule has 0 fully saturated rings. The van der Waals surface area contributed by atoms with E-state index < -0.39 is 10.7 Å². The van der Waals surface area contributed by atoms with Crippen LogP contribution in [-0.4, -0.2) is 11.5 Å². The number of rotatable bonds is 8. The summed E-state index contributed by atoms with van der Waals surface area (Å²) in [6.45, 7) is 2.44. The number of hydrogen-bond acceptors (Lipinski definition) is 5. The molecule has 0 aliphatic carbocycles. The Kier molecular flexibility index (Phi) is 7.78. The molecule has 0 saturated heterocycles. The maximum Gasteiger partial charge on any atom is 0.269 e. The van der Waals surface area contributed by atoms with Crippen LogP contribution in [0.2, 0.25) is 0 Å². The topological polar surface area (TPSA) is 85.4 Å². The number of nitrogens with zero attached hydrogens (tertiary/aromatic N) is 2. The van der Waals surface area contributed by atoms with Crippen LogP contribution < -0.4 is 9.47 Å². The minimum absolute atomic E-state index is 0.0117. The number of non-ortho nitro benzene ring substituents is 1. The molecule has 8 heteroatoms. The van der Waals surface area contributed by atoms with E-state index in [2.05, 4.69) is 28.7 Å². The van der Waals surface area contributed by atoms with E-state index in [0.29, 0.717) is 23.7 Å². The van der Waals surface area contributed by atoms with Crippen molar-refractivity contribution in [2.24, 2.45) is 0 Å². The van der Waals surface area contributed by atoms with Gasteiger partial charge in [0, 0.05) is 17.7 Å². The Morgan fingerprint density at radius 3 is 2.53 bits per heavy atom. The summed E-state index contributed by atoms with van der Waals surface area (Å²) >= 11 is 2.11. The molecule has 0 amide bonds. The van der Waals surface area contributed by atoms with E-state index in [4.69, 9.17) is 9.47 Å². The third-order valence-corrected chi connectivity index (χ3v) is 5.26. The van der Waals surface area contributed by atoms with Crippen LogP contribution in [0.5, 0.6) is 11.5 Å². The molecular weight excluding hydrogens is 526 g/mol. The van der Waals surface area contributed by atoms with Crippen LogP contribution >= 0.6 is 22.6 Å². The maximum absolute atomic E-state index is 14.1. The van der Waals surface area contributed by atoms with Crippen molar-refractivity contribution in [1.29, 1.82) is 5.26 Å². The minimum Gasteiger partial charge on any atom is -0.490 e. The highest BCUT2D eigenvalue weighted by atomic mass is 127. The third kappa shape index (κ3) is 5.62. The quantitative estimate of drug-likeness (QED) is 0.108. The molecule has 3 aromatic rings. The standard InChI is InChI=1S/C24H18FIN2O4/c1-2-31-23-13-17(11-18(14-27)20-5-3-4-6-21(20)25)12-22(26)24(23)32-15-16-7-9-19(10-8-16)28(29)30/h3-13H,2,15H2,1H3/b18-11-. The van der Waals surface area contributed by atoms with E-state index in [1.165, 1.54) is 18.2 Å². The van der Waals surface area contributed by atoms with Crippen molar-refractivity contribution in [2.75, 3.05) is 6.61 Å². The van der Waals surface area contributed by atoms with Crippen LogP contribution in [0, 0.1) is 30.8 Å². The first-order valence-corrected chi connectivity index (χ1v) is 10.7. The van der Waals surface area contributed by atoms with Gasteiger partial charge in [0.1, 0.15) is 12.4 Å². The first-order valence-electron chi connectivity index (χ1n) is 9.62. The Hall–Kier alpha value is -3.45. The molecule has 6 nitrogen and oxygen atoms in total. The molecule has 0 bridgehead atoms. The van der Waals surface area contributed by atoms with Crippen molar-refractivity contribution >= 4 is 39.9 Å². The molecule has 0 heterocycles. The number of nitro groups is 1. The van der Waals surface area contributed by atoms with Crippen molar-refractivity contribution in [1.82, 2.24) is 0 Å². The van der Waals surface area contributed by atoms with Gasteiger partial charge >= 0.3 is 0 Å². The van der Waals surface area contributed by atoms with Crippen molar-refractivity contribution < 1.29 is 18.8 Å². The fraction of sp³-hybridized carbons (Fsp3) is 0.125. The highest BCUT2D eigenvalue weighted by molar-refractivity contribution is 14.1. The lowest BCUT2D eigenvalue weighted by Crippen LogP contribution is -2.02. The molecule has 162 valence electrons. The SMILES string of the molecule is CCOc1cc(/C=C(/C#N)c2ccccc2F)cc(I)c1OCc1ccc([N+](=O)[O-])cc1. The second kappa shape index (κ2) is 10.7. The summed E-state index contributed by atoms with van der Waals surface area (Å²) in [4.78, 5) is 10.3. The van der Waals surface area contributed by atoms with Gasteiger partial charge in [0.2, 0.25) is 0 Å². The van der Waals surface area contributed by atoms with Crippen molar-refractivity contribution in [2.45, 2.75) is 13.5 Å². The maximum atomic E-state index is 14.1. The molecule has 3 rings (SSSR count). The van der Waals surface area contributed by atoms with Gasteiger partial charge in [0.25, 0.3) is 5.69 Å². The molecule has 0 spiro atoms. The zero-order chi connectivity index (χ0) is 23.1. The molecule has 0 radical (unpaired) electrons. The third-order valence-electron chi connectivity index (χ3n) is 4.46. The fourth-order valence-corrected chi connectivity index (χ4v) is 3.74. The highest BCUT2D eigenvalue weighted by Gasteiger charge is 2.14. The summed E-state index contributed by atoms with van der Waals surface area (Å²) in [6.07, 6.45) is 1.60. The Labute approximate surface area is 198 Å². The smallest absolute Gasteiger partial charge is 0.269 e. The number of hydrogen-bond donors (Lipinski definition) is 0. The molecule has 0 aliphatic heterocycles. The molecule has 32 heavy (non-hydrogen) atoms. The summed E-state index contributed by atoms with van der Waals surface area (Å²) in [5.41, 5.74) is 1.87. The van der Waals surface area contributed by atoms with Crippen LogP contribution in [0.1, 0.15) is 23.6 Å². The van der Waals surface area contributed by atoms with Gasteiger partial charge in [-0.15, -0.1) is 0 Å². The van der Waals surface area contributed by atoms with E-state index in [0.717, 1.165) is 9.13 Å². The number of nitro benzene ring substituents is 1. The normalized spacial score (nSPS) is 11.0. The first kappa shape index (κ1) is 23.2. The first-order chi connectivity index (χ1) is 15.4. The van der Waals surface area contributed by atoms with Crippen molar-refractivity contribution in [3.63, 3.8) is 0 Å². The van der Waals surface area contributed by atoms with Gasteiger partial charge in [-0.3, -0.25) is 10.1 Å². The van der Waals surface area contributed by atoms with E-state index in [1.54, 1.807) is 42.5 Å². The van der Waals surface area contributed by atoms with Gasteiger partial charge in [-0.25, -0.2) is 4.39 Å². The van der Waals surface area contributed by atoms with Crippen LogP contribution in [0.3, 0.4) is 0 Å². The average Bonchev–Trinajstić information content (AvgIpc) is 2.78. The lowest BCUT2D eigenvalue weighted by atomic mass is 10.0. The summed E-state index contributed by atoms with van der Waals surface area (Å²) in [6, 6.07) is 17.8. The van der Waals surface area contributed by atoms with Gasteiger partial charge < -0.3 is 9.47 Å². The molecular formula is C24H18FIN2O4. The van der Waals surface area contributed by atoms with E-state index in [-0.39, 0.29) is 23.4 Å². The summed E-state index contributed by atoms with van der Waals surface area (Å²) < 4.78 is 26.6. The average molecular weight is 544 g/mol. The summed E-state index contributed by atoms with van der Waals surface area (Å²) in [7, 11) is 0. The van der Waals surface area contributed by atoms with Crippen LogP contribution in [0.4, 0.5) is 10.1 Å². The number of halogens is 2. The van der Waals surface area contributed by atoms with E-state index >= 15 is 0 Å². The molecule has 3 aromatic carbocycles. The van der Waals surface area contributed by atoms with Gasteiger partial charge in [-0.05, 0) is 77.0 Å². The minimum atomic E-state index is -0.469. The van der Waals surface area contributed by atoms with Gasteiger partial charge in [0.05, 0.1) is 26.7 Å². The number of allylic oxidation sites excluding steroid dienone is 1. The molecule has 0 unspecified atom stereocenters. The monoisotopic (exact) mass is 544 g/mol. The fourth-order valence-electron chi connectivity index (χ4n) is 2.96. The molecule has 0 N–H and O–H groups in total. The highest BCUT2D eigenvalue weighted by Crippen LogP contribution is 2.36. The molecule has 0 aliphatic rings. The summed E-state index contributed by atoms with van der Waals surface area (Å²) in [5, 5.41) is 20.3. The van der Waals surface area contributed by atoms with Gasteiger partial charge in [-0.2, -0.15) is 5.26 Å². The van der Waals surface area contributed by atoms with E-state index in [1.807, 2.05) is 13.0 Å². The zero-order valence-electron chi connectivity index (χ0n) is 17.0. The Morgan fingerprint density at radius 2 is 1.91 bits per heavy atom. The van der Waals surface area contributed by atoms with Crippen molar-refractivity contribution in [3.8, 4) is 17.6 Å². The second-order valence-corrected chi connectivity index (χ2v) is 7.79. The molecule has 0 saturated carbocycles. The van der Waals surface area contributed by atoms with Gasteiger partial charge in [-0.1, -0.05) is 18.2 Å². The molecule has 0 atom stereocenters. The molecule has 0 aromatic heterocycles. The Balaban J connectivity index is 1.90. The van der Waals surface area contributed by atoms with Crippen LogP contribution in [0.25, 0.3) is 11.6 Å². The predicted molar refractivity (Wildman–Crippen MR) is 128 cm³/mol. The van der Waals surface area contributed by atoms with Crippen molar-refractivity contribution in [3.05, 3.63) is 96.9 Å². The largest absolute Gasteiger partial charge is 0.490 e. The number of benzene rings is 3. The predicted octanol–water partition coefficient (Wildman–Crippen LogP) is 6.38. The second-order valence-electron chi connectivity index (χ2n) is 6.62.